The van der Waals surface area contributed by atoms with Gasteiger partial charge in [0.1, 0.15) is 5.75 Å². The van der Waals surface area contributed by atoms with Gasteiger partial charge >= 0.3 is 6.61 Å². The first-order valence-electron chi connectivity index (χ1n) is 6.32. The van der Waals surface area contributed by atoms with Crippen LogP contribution >= 0.6 is 0 Å². The lowest BCUT2D eigenvalue weighted by molar-refractivity contribution is -0.0498. The summed E-state index contributed by atoms with van der Waals surface area (Å²) < 4.78 is 28.6. The molecule has 0 aliphatic rings. The van der Waals surface area contributed by atoms with Crippen LogP contribution in [-0.4, -0.2) is 17.5 Å². The monoisotopic (exact) mass is 292 g/mol. The number of pyridine rings is 1. The molecule has 0 aliphatic heterocycles. The molecular formula is C15H14F2N2O2. The van der Waals surface area contributed by atoms with E-state index >= 15 is 0 Å². The van der Waals surface area contributed by atoms with Crippen LogP contribution in [-0.2, 0) is 0 Å². The molecule has 1 amide bonds. The van der Waals surface area contributed by atoms with Crippen LogP contribution in [0.3, 0.4) is 0 Å². The number of halogens is 2. The number of benzene rings is 1. The van der Waals surface area contributed by atoms with Crippen molar-refractivity contribution in [2.75, 3.05) is 0 Å². The Morgan fingerprint density at radius 3 is 2.62 bits per heavy atom. The number of rotatable bonds is 5. The minimum absolute atomic E-state index is 0.0470. The Morgan fingerprint density at radius 1 is 1.24 bits per heavy atom. The summed E-state index contributed by atoms with van der Waals surface area (Å²) in [4.78, 5) is 16.0. The molecule has 0 fully saturated rings. The van der Waals surface area contributed by atoms with E-state index in [1.807, 2.05) is 6.92 Å². The van der Waals surface area contributed by atoms with Gasteiger partial charge in [-0.2, -0.15) is 8.78 Å². The van der Waals surface area contributed by atoms with E-state index in [0.717, 1.165) is 5.56 Å². The van der Waals surface area contributed by atoms with Gasteiger partial charge in [0.15, 0.2) is 0 Å². The molecule has 1 atom stereocenters. The molecule has 1 aromatic carbocycles. The van der Waals surface area contributed by atoms with Crippen LogP contribution in [0, 0.1) is 0 Å². The van der Waals surface area contributed by atoms with E-state index in [-0.39, 0.29) is 23.3 Å². The largest absolute Gasteiger partial charge is 0.435 e. The first-order chi connectivity index (χ1) is 10.1. The Morgan fingerprint density at radius 2 is 1.95 bits per heavy atom. The molecule has 4 nitrogen and oxygen atoms in total. The first kappa shape index (κ1) is 14.9. The van der Waals surface area contributed by atoms with E-state index in [9.17, 15) is 13.6 Å². The molecule has 0 bridgehead atoms. The second kappa shape index (κ2) is 6.78. The predicted octanol–water partition coefficient (Wildman–Crippen LogP) is 3.17. The predicted molar refractivity (Wildman–Crippen MR) is 73.2 cm³/mol. The van der Waals surface area contributed by atoms with Crippen molar-refractivity contribution < 1.29 is 18.3 Å². The van der Waals surface area contributed by atoms with E-state index in [1.54, 1.807) is 24.5 Å². The standard InChI is InChI=1S/C15H14F2N2O2/c1-10(11-5-7-18-8-6-11)19-14(20)12-3-2-4-13(9-12)21-15(16)17/h2-10,15H,1H3,(H,19,20). The van der Waals surface area contributed by atoms with Gasteiger partial charge in [-0.05, 0) is 42.8 Å². The molecule has 0 spiro atoms. The maximum atomic E-state index is 12.2. The fourth-order valence-corrected chi connectivity index (χ4v) is 1.83. The van der Waals surface area contributed by atoms with E-state index in [1.165, 1.54) is 24.3 Å². The zero-order chi connectivity index (χ0) is 15.2. The molecule has 1 N–H and O–H groups in total. The Labute approximate surface area is 120 Å². The van der Waals surface area contributed by atoms with Gasteiger partial charge in [0.05, 0.1) is 6.04 Å². The van der Waals surface area contributed by atoms with Crippen molar-refractivity contribution in [3.8, 4) is 5.75 Å². The Kier molecular flexibility index (Phi) is 4.81. The van der Waals surface area contributed by atoms with Crippen LogP contribution in [0.5, 0.6) is 5.75 Å². The molecule has 1 aromatic heterocycles. The van der Waals surface area contributed by atoms with Crippen molar-refractivity contribution in [2.45, 2.75) is 19.6 Å². The Bertz CT molecular complexity index is 606. The number of aromatic nitrogens is 1. The average Bonchev–Trinajstić information content (AvgIpc) is 2.47. The number of hydrogen-bond donors (Lipinski definition) is 1. The van der Waals surface area contributed by atoms with Gasteiger partial charge in [0.25, 0.3) is 5.91 Å². The van der Waals surface area contributed by atoms with E-state index < -0.39 is 6.61 Å². The van der Waals surface area contributed by atoms with Crippen molar-refractivity contribution >= 4 is 5.91 Å². The highest BCUT2D eigenvalue weighted by Gasteiger charge is 2.13. The number of carbonyl (C=O) groups excluding carboxylic acids is 1. The smallest absolute Gasteiger partial charge is 0.387 e. The molecule has 0 saturated carbocycles. The third-order valence-electron chi connectivity index (χ3n) is 2.88. The van der Waals surface area contributed by atoms with Crippen LogP contribution in [0.15, 0.2) is 48.8 Å². The molecule has 1 unspecified atom stereocenters. The second-order valence-electron chi connectivity index (χ2n) is 4.38. The van der Waals surface area contributed by atoms with Crippen LogP contribution in [0.1, 0.15) is 28.9 Å². The van der Waals surface area contributed by atoms with Crippen molar-refractivity contribution in [3.63, 3.8) is 0 Å². The normalized spacial score (nSPS) is 12.0. The van der Waals surface area contributed by atoms with E-state index in [2.05, 4.69) is 15.0 Å². The summed E-state index contributed by atoms with van der Waals surface area (Å²) in [6.07, 6.45) is 3.27. The minimum atomic E-state index is -2.92. The second-order valence-corrected chi connectivity index (χ2v) is 4.38. The molecule has 0 aliphatic carbocycles. The van der Waals surface area contributed by atoms with Gasteiger partial charge < -0.3 is 10.1 Å². The summed E-state index contributed by atoms with van der Waals surface area (Å²) >= 11 is 0. The van der Waals surface area contributed by atoms with Gasteiger partial charge in [-0.3, -0.25) is 9.78 Å². The highest BCUT2D eigenvalue weighted by Crippen LogP contribution is 2.17. The molecule has 2 rings (SSSR count). The molecule has 6 heteroatoms. The number of amides is 1. The quantitative estimate of drug-likeness (QED) is 0.921. The number of ether oxygens (including phenoxy) is 1. The summed E-state index contributed by atoms with van der Waals surface area (Å²) in [5, 5.41) is 2.78. The number of nitrogens with one attached hydrogen (secondary N) is 1. The summed E-state index contributed by atoms with van der Waals surface area (Å²) in [5.74, 6) is -0.409. The van der Waals surface area contributed by atoms with Crippen LogP contribution in [0.4, 0.5) is 8.78 Å². The first-order valence-corrected chi connectivity index (χ1v) is 6.32. The van der Waals surface area contributed by atoms with Gasteiger partial charge in [0.2, 0.25) is 0 Å². The summed E-state index contributed by atoms with van der Waals surface area (Å²) in [6.45, 7) is -1.09. The highest BCUT2D eigenvalue weighted by molar-refractivity contribution is 5.94. The lowest BCUT2D eigenvalue weighted by Gasteiger charge is -2.14. The third kappa shape index (κ3) is 4.24. The minimum Gasteiger partial charge on any atom is -0.435 e. The zero-order valence-electron chi connectivity index (χ0n) is 11.3. The number of alkyl halides is 2. The van der Waals surface area contributed by atoms with Crippen LogP contribution < -0.4 is 10.1 Å². The molecule has 110 valence electrons. The Balaban J connectivity index is 2.06. The van der Waals surface area contributed by atoms with Crippen molar-refractivity contribution in [2.24, 2.45) is 0 Å². The van der Waals surface area contributed by atoms with Crippen molar-refractivity contribution in [1.29, 1.82) is 0 Å². The van der Waals surface area contributed by atoms with E-state index in [4.69, 9.17) is 0 Å². The fraction of sp³-hybridized carbons (Fsp3) is 0.200. The SMILES string of the molecule is CC(NC(=O)c1cccc(OC(F)F)c1)c1ccncc1. The van der Waals surface area contributed by atoms with Crippen LogP contribution in [0.25, 0.3) is 0 Å². The van der Waals surface area contributed by atoms with E-state index in [0.29, 0.717) is 0 Å². The van der Waals surface area contributed by atoms with Crippen LogP contribution in [0.2, 0.25) is 0 Å². The lowest BCUT2D eigenvalue weighted by atomic mass is 10.1. The Hall–Kier alpha value is -2.50. The maximum Gasteiger partial charge on any atom is 0.387 e. The molecule has 0 saturated heterocycles. The molecule has 0 radical (unpaired) electrons. The molecule has 2 aromatic rings. The number of hydrogen-bond acceptors (Lipinski definition) is 3. The summed E-state index contributed by atoms with van der Waals surface area (Å²) in [7, 11) is 0. The highest BCUT2D eigenvalue weighted by atomic mass is 19.3. The van der Waals surface area contributed by atoms with Gasteiger partial charge in [-0.25, -0.2) is 0 Å². The van der Waals surface area contributed by atoms with Gasteiger partial charge in [-0.1, -0.05) is 6.07 Å². The van der Waals surface area contributed by atoms with Crippen molar-refractivity contribution in [1.82, 2.24) is 10.3 Å². The average molecular weight is 292 g/mol. The fourth-order valence-electron chi connectivity index (χ4n) is 1.83. The summed E-state index contributed by atoms with van der Waals surface area (Å²) in [5.41, 5.74) is 1.16. The molecule has 1 heterocycles. The maximum absolute atomic E-state index is 12.2. The van der Waals surface area contributed by atoms with Crippen molar-refractivity contribution in [3.05, 3.63) is 59.9 Å². The molecular weight excluding hydrogens is 278 g/mol. The third-order valence-corrected chi connectivity index (χ3v) is 2.88. The van der Waals surface area contributed by atoms with Gasteiger partial charge in [-0.15, -0.1) is 0 Å². The number of nitrogens with zero attached hydrogens (tertiary/aromatic N) is 1. The van der Waals surface area contributed by atoms with Gasteiger partial charge in [0, 0.05) is 18.0 Å². The summed E-state index contributed by atoms with van der Waals surface area (Å²) in [6, 6.07) is 9.04. The lowest BCUT2D eigenvalue weighted by Crippen LogP contribution is -2.26. The zero-order valence-corrected chi connectivity index (χ0v) is 11.3. The number of carbonyl (C=O) groups is 1. The molecule has 21 heavy (non-hydrogen) atoms. The topological polar surface area (TPSA) is 51.2 Å².